The summed E-state index contributed by atoms with van der Waals surface area (Å²) >= 11 is 7.40. The Balaban J connectivity index is 2.49. The molecular formula is C11H11ClOS. The van der Waals surface area contributed by atoms with Gasteiger partial charge in [-0.25, -0.2) is 0 Å². The van der Waals surface area contributed by atoms with Crippen molar-refractivity contribution in [3.8, 4) is 0 Å². The molecule has 1 rings (SSSR count). The van der Waals surface area contributed by atoms with Crippen LogP contribution in [0.5, 0.6) is 0 Å². The summed E-state index contributed by atoms with van der Waals surface area (Å²) in [6.07, 6.45) is 2.05. The quantitative estimate of drug-likeness (QED) is 0.564. The van der Waals surface area contributed by atoms with Crippen LogP contribution in [-0.4, -0.2) is 11.5 Å². The van der Waals surface area contributed by atoms with Gasteiger partial charge in [0.05, 0.1) is 10.8 Å². The van der Waals surface area contributed by atoms with E-state index in [0.717, 1.165) is 4.90 Å². The molecule has 0 N–H and O–H groups in total. The minimum Gasteiger partial charge on any atom is -0.298 e. The number of carbonyl (C=O) groups is 1. The Morgan fingerprint density at radius 1 is 1.50 bits per heavy atom. The molecule has 0 aliphatic carbocycles. The third kappa shape index (κ3) is 3.56. The lowest BCUT2D eigenvalue weighted by molar-refractivity contribution is -0.115. The second-order valence-electron chi connectivity index (χ2n) is 2.75. The van der Waals surface area contributed by atoms with Crippen molar-refractivity contribution >= 4 is 29.1 Å². The molecule has 0 amide bonds. The van der Waals surface area contributed by atoms with E-state index in [0.29, 0.717) is 17.2 Å². The second kappa shape index (κ2) is 5.89. The number of hydrogen-bond donors (Lipinski definition) is 0. The van der Waals surface area contributed by atoms with Gasteiger partial charge in [0.2, 0.25) is 0 Å². The Labute approximate surface area is 93.2 Å². The van der Waals surface area contributed by atoms with Gasteiger partial charge in [-0.3, -0.25) is 4.79 Å². The molecular weight excluding hydrogens is 216 g/mol. The van der Waals surface area contributed by atoms with Gasteiger partial charge in [-0.15, -0.1) is 18.3 Å². The van der Waals surface area contributed by atoms with Crippen LogP contribution < -0.4 is 0 Å². The number of halogens is 1. The highest BCUT2D eigenvalue weighted by molar-refractivity contribution is 8.00. The number of Topliss-reactive ketones (excluding diaryl/α,β-unsaturated/α-hetero) is 1. The lowest BCUT2D eigenvalue weighted by Crippen LogP contribution is -1.98. The van der Waals surface area contributed by atoms with E-state index >= 15 is 0 Å². The fraction of sp³-hybridized carbons (Fsp3) is 0.182. The minimum absolute atomic E-state index is 0.171. The summed E-state index contributed by atoms with van der Waals surface area (Å²) in [5.74, 6) is 0.625. The van der Waals surface area contributed by atoms with Crippen LogP contribution in [0.15, 0.2) is 41.8 Å². The highest BCUT2D eigenvalue weighted by Gasteiger charge is 2.03. The molecule has 3 heteroatoms. The van der Waals surface area contributed by atoms with Gasteiger partial charge < -0.3 is 0 Å². The smallest absolute Gasteiger partial charge is 0.146 e. The topological polar surface area (TPSA) is 17.1 Å². The Hall–Kier alpha value is -0.730. The van der Waals surface area contributed by atoms with E-state index in [9.17, 15) is 4.79 Å². The van der Waals surface area contributed by atoms with Crippen LogP contribution in [0.3, 0.4) is 0 Å². The van der Waals surface area contributed by atoms with E-state index in [1.807, 2.05) is 24.3 Å². The van der Waals surface area contributed by atoms with Gasteiger partial charge in [0.15, 0.2) is 0 Å². The normalized spacial score (nSPS) is 9.79. The number of carbonyl (C=O) groups excluding carboxylic acids is 1. The molecule has 14 heavy (non-hydrogen) atoms. The molecule has 0 fully saturated rings. The fourth-order valence-electron chi connectivity index (χ4n) is 0.940. The first-order chi connectivity index (χ1) is 6.74. The molecule has 0 heterocycles. The lowest BCUT2D eigenvalue weighted by atomic mass is 10.3. The maximum atomic E-state index is 11.2. The highest BCUT2D eigenvalue weighted by atomic mass is 35.5. The highest BCUT2D eigenvalue weighted by Crippen LogP contribution is 2.26. The van der Waals surface area contributed by atoms with Crippen LogP contribution in [0.1, 0.15) is 6.42 Å². The average Bonchev–Trinajstić information content (AvgIpc) is 2.17. The molecule has 0 saturated carbocycles. The largest absolute Gasteiger partial charge is 0.298 e. The van der Waals surface area contributed by atoms with Gasteiger partial charge in [-0.05, 0) is 12.1 Å². The maximum Gasteiger partial charge on any atom is 0.146 e. The maximum absolute atomic E-state index is 11.2. The Morgan fingerprint density at radius 3 is 2.86 bits per heavy atom. The molecule has 0 atom stereocenters. The number of ketones is 1. The summed E-state index contributed by atoms with van der Waals surface area (Å²) in [7, 11) is 0. The fourth-order valence-corrected chi connectivity index (χ4v) is 2.05. The number of allylic oxidation sites excluding steroid dienone is 1. The third-order valence-corrected chi connectivity index (χ3v) is 3.17. The van der Waals surface area contributed by atoms with Crippen molar-refractivity contribution in [2.45, 2.75) is 11.3 Å². The average molecular weight is 227 g/mol. The number of thioether (sulfide) groups is 1. The van der Waals surface area contributed by atoms with E-state index < -0.39 is 0 Å². The number of hydrogen-bond acceptors (Lipinski definition) is 2. The van der Waals surface area contributed by atoms with Crippen molar-refractivity contribution < 1.29 is 4.79 Å². The van der Waals surface area contributed by atoms with Crippen molar-refractivity contribution in [3.63, 3.8) is 0 Å². The zero-order valence-electron chi connectivity index (χ0n) is 7.70. The first-order valence-corrected chi connectivity index (χ1v) is 5.60. The van der Waals surface area contributed by atoms with E-state index in [4.69, 9.17) is 11.6 Å². The van der Waals surface area contributed by atoms with Crippen molar-refractivity contribution in [1.29, 1.82) is 0 Å². The van der Waals surface area contributed by atoms with Gasteiger partial charge in [0, 0.05) is 11.3 Å². The zero-order chi connectivity index (χ0) is 10.4. The Morgan fingerprint density at radius 2 is 2.21 bits per heavy atom. The van der Waals surface area contributed by atoms with E-state index in [2.05, 4.69) is 6.58 Å². The number of benzene rings is 1. The number of rotatable bonds is 5. The minimum atomic E-state index is 0.171. The van der Waals surface area contributed by atoms with Gasteiger partial charge in [-0.1, -0.05) is 29.8 Å². The molecule has 0 saturated heterocycles. The van der Waals surface area contributed by atoms with Gasteiger partial charge in [-0.2, -0.15) is 0 Å². The van der Waals surface area contributed by atoms with Gasteiger partial charge in [0.25, 0.3) is 0 Å². The summed E-state index contributed by atoms with van der Waals surface area (Å²) in [5, 5.41) is 0.698. The zero-order valence-corrected chi connectivity index (χ0v) is 9.27. The van der Waals surface area contributed by atoms with Crippen LogP contribution in [-0.2, 0) is 4.79 Å². The first kappa shape index (κ1) is 11.3. The standard InChI is InChI=1S/C11H11ClOS/c1-2-5-9(13)8-14-11-7-4-3-6-10(11)12/h2-4,6-7H,1,5,8H2. The van der Waals surface area contributed by atoms with Crippen molar-refractivity contribution in [2.24, 2.45) is 0 Å². The third-order valence-electron chi connectivity index (χ3n) is 1.60. The van der Waals surface area contributed by atoms with Crippen LogP contribution in [0.25, 0.3) is 0 Å². The van der Waals surface area contributed by atoms with Crippen LogP contribution >= 0.6 is 23.4 Å². The molecule has 1 aromatic rings. The Kier molecular flexibility index (Phi) is 4.77. The summed E-state index contributed by atoms with van der Waals surface area (Å²) in [4.78, 5) is 12.1. The monoisotopic (exact) mass is 226 g/mol. The predicted molar refractivity (Wildman–Crippen MR) is 62.0 cm³/mol. The molecule has 74 valence electrons. The van der Waals surface area contributed by atoms with Gasteiger partial charge >= 0.3 is 0 Å². The molecule has 0 spiro atoms. The summed E-state index contributed by atoms with van der Waals surface area (Å²) in [5.41, 5.74) is 0. The molecule has 0 unspecified atom stereocenters. The predicted octanol–water partition coefficient (Wildman–Crippen LogP) is 3.58. The first-order valence-electron chi connectivity index (χ1n) is 4.24. The van der Waals surface area contributed by atoms with E-state index in [-0.39, 0.29) is 5.78 Å². The van der Waals surface area contributed by atoms with Gasteiger partial charge in [0.1, 0.15) is 5.78 Å². The molecule has 0 bridgehead atoms. The summed E-state index contributed by atoms with van der Waals surface area (Å²) < 4.78 is 0. The van der Waals surface area contributed by atoms with Crippen LogP contribution in [0, 0.1) is 0 Å². The SMILES string of the molecule is C=CCC(=O)CSc1ccccc1Cl. The van der Waals surface area contributed by atoms with E-state index in [1.165, 1.54) is 11.8 Å². The van der Waals surface area contributed by atoms with Crippen LogP contribution in [0.4, 0.5) is 0 Å². The van der Waals surface area contributed by atoms with Crippen molar-refractivity contribution in [3.05, 3.63) is 41.9 Å². The molecule has 0 aromatic heterocycles. The molecule has 0 aliphatic rings. The summed E-state index contributed by atoms with van der Waals surface area (Å²) in [6.45, 7) is 3.52. The second-order valence-corrected chi connectivity index (χ2v) is 4.17. The summed E-state index contributed by atoms with van der Waals surface area (Å²) in [6, 6.07) is 7.51. The van der Waals surface area contributed by atoms with Crippen LogP contribution in [0.2, 0.25) is 5.02 Å². The van der Waals surface area contributed by atoms with E-state index in [1.54, 1.807) is 6.08 Å². The molecule has 1 aromatic carbocycles. The molecule has 1 nitrogen and oxygen atoms in total. The lowest BCUT2D eigenvalue weighted by Gasteiger charge is -2.01. The molecule has 0 aliphatic heterocycles. The van der Waals surface area contributed by atoms with Crippen molar-refractivity contribution in [1.82, 2.24) is 0 Å². The Bertz CT molecular complexity index is 336. The molecule has 0 radical (unpaired) electrons. The van der Waals surface area contributed by atoms with Crippen molar-refractivity contribution in [2.75, 3.05) is 5.75 Å².